The maximum atomic E-state index is 13.4. The van der Waals surface area contributed by atoms with Gasteiger partial charge in [-0.3, -0.25) is 0 Å². The number of benzene rings is 1. The van der Waals surface area contributed by atoms with Crippen LogP contribution in [0.15, 0.2) is 18.2 Å². The Morgan fingerprint density at radius 2 is 2.21 bits per heavy atom. The van der Waals surface area contributed by atoms with Gasteiger partial charge < -0.3 is 5.73 Å². The van der Waals surface area contributed by atoms with E-state index in [0.29, 0.717) is 0 Å². The molecule has 0 aliphatic rings. The van der Waals surface area contributed by atoms with Crippen LogP contribution in [0.2, 0.25) is 5.02 Å². The molecular weight excluding hydrogens is 209 g/mol. The van der Waals surface area contributed by atoms with E-state index in [2.05, 4.69) is 15.5 Å². The highest BCUT2D eigenvalue weighted by molar-refractivity contribution is 6.30. The Hall–Kier alpha value is -1.69. The van der Waals surface area contributed by atoms with Crippen molar-refractivity contribution in [3.8, 4) is 5.69 Å². The zero-order valence-electron chi connectivity index (χ0n) is 6.85. The van der Waals surface area contributed by atoms with Gasteiger partial charge in [0.15, 0.2) is 5.82 Å². The Kier molecular flexibility index (Phi) is 2.05. The lowest BCUT2D eigenvalue weighted by Gasteiger charge is -2.03. The molecule has 7 heteroatoms. The van der Waals surface area contributed by atoms with Gasteiger partial charge in [-0.15, -0.1) is 0 Å². The van der Waals surface area contributed by atoms with Crippen molar-refractivity contribution in [3.63, 3.8) is 0 Å². The number of nitrogens with zero attached hydrogens (tertiary/aromatic N) is 4. The largest absolute Gasteiger partial charge is 0.366 e. The normalized spacial score (nSPS) is 10.4. The number of hydrogen-bond acceptors (Lipinski definition) is 4. The van der Waals surface area contributed by atoms with Crippen molar-refractivity contribution in [2.75, 3.05) is 5.73 Å². The van der Waals surface area contributed by atoms with Crippen LogP contribution in [0, 0.1) is 5.82 Å². The van der Waals surface area contributed by atoms with Gasteiger partial charge in [0.05, 0.1) is 5.02 Å². The van der Waals surface area contributed by atoms with E-state index in [1.165, 1.54) is 12.1 Å². The summed E-state index contributed by atoms with van der Waals surface area (Å²) < 4.78 is 14.5. The molecule has 2 aromatic rings. The second-order valence-corrected chi connectivity index (χ2v) is 2.93. The maximum Gasteiger partial charge on any atom is 0.245 e. The number of aromatic nitrogens is 4. The van der Waals surface area contributed by atoms with Gasteiger partial charge in [-0.25, -0.2) is 4.39 Å². The first kappa shape index (κ1) is 8.89. The van der Waals surface area contributed by atoms with Gasteiger partial charge in [0.25, 0.3) is 0 Å². The van der Waals surface area contributed by atoms with Crippen LogP contribution in [0.1, 0.15) is 0 Å². The van der Waals surface area contributed by atoms with Gasteiger partial charge in [0, 0.05) is 0 Å². The molecule has 0 aliphatic heterocycles. The van der Waals surface area contributed by atoms with Crippen molar-refractivity contribution in [1.29, 1.82) is 0 Å². The number of halogens is 2. The number of anilines is 1. The van der Waals surface area contributed by atoms with E-state index < -0.39 is 5.82 Å². The van der Waals surface area contributed by atoms with E-state index in [4.69, 9.17) is 17.3 Å². The fourth-order valence-corrected chi connectivity index (χ4v) is 1.19. The first-order valence-electron chi connectivity index (χ1n) is 3.68. The van der Waals surface area contributed by atoms with Crippen LogP contribution in [0.4, 0.5) is 10.3 Å². The summed E-state index contributed by atoms with van der Waals surface area (Å²) in [7, 11) is 0. The summed E-state index contributed by atoms with van der Waals surface area (Å²) in [5.74, 6) is -0.598. The summed E-state index contributed by atoms with van der Waals surface area (Å²) >= 11 is 5.59. The van der Waals surface area contributed by atoms with Crippen LogP contribution in [-0.2, 0) is 0 Å². The summed E-state index contributed by atoms with van der Waals surface area (Å²) in [5, 5.41) is 10.2. The highest BCUT2D eigenvalue weighted by Crippen LogP contribution is 2.21. The average Bonchev–Trinajstić information content (AvgIpc) is 2.57. The van der Waals surface area contributed by atoms with Crippen LogP contribution >= 0.6 is 11.6 Å². The van der Waals surface area contributed by atoms with Gasteiger partial charge in [0.2, 0.25) is 5.95 Å². The summed E-state index contributed by atoms with van der Waals surface area (Å²) in [6.45, 7) is 0. The molecule has 72 valence electrons. The Balaban J connectivity index is 2.63. The summed E-state index contributed by atoms with van der Waals surface area (Å²) in [6, 6.07) is 4.50. The molecule has 0 amide bonds. The Labute approximate surface area is 83.3 Å². The van der Waals surface area contributed by atoms with E-state index in [1.54, 1.807) is 6.07 Å². The number of hydrogen-bond donors (Lipinski definition) is 1. The average molecular weight is 214 g/mol. The van der Waals surface area contributed by atoms with Crippen molar-refractivity contribution in [2.45, 2.75) is 0 Å². The van der Waals surface area contributed by atoms with Crippen LogP contribution in [0.5, 0.6) is 0 Å². The minimum Gasteiger partial charge on any atom is -0.366 e. The van der Waals surface area contributed by atoms with Gasteiger partial charge in [-0.05, 0) is 22.6 Å². The van der Waals surface area contributed by atoms with Gasteiger partial charge in [-0.2, -0.15) is 4.68 Å². The Bertz CT molecular complexity index is 469. The fourth-order valence-electron chi connectivity index (χ4n) is 1.02. The highest BCUT2D eigenvalue weighted by atomic mass is 35.5. The predicted octanol–water partition coefficient (Wildman–Crippen LogP) is 1.04. The van der Waals surface area contributed by atoms with Crippen molar-refractivity contribution < 1.29 is 4.39 Å². The van der Waals surface area contributed by atoms with Crippen molar-refractivity contribution in [3.05, 3.63) is 29.0 Å². The predicted molar refractivity (Wildman–Crippen MR) is 48.5 cm³/mol. The molecule has 0 atom stereocenters. The van der Waals surface area contributed by atoms with Gasteiger partial charge >= 0.3 is 0 Å². The molecule has 0 saturated heterocycles. The lowest BCUT2D eigenvalue weighted by molar-refractivity contribution is 0.608. The smallest absolute Gasteiger partial charge is 0.245 e. The first-order chi connectivity index (χ1) is 6.70. The minimum absolute atomic E-state index is 0.00241. The summed E-state index contributed by atoms with van der Waals surface area (Å²) in [5.41, 5.74) is 5.53. The van der Waals surface area contributed by atoms with E-state index >= 15 is 0 Å². The number of nitrogens with two attached hydrogens (primary N) is 1. The monoisotopic (exact) mass is 213 g/mol. The third kappa shape index (κ3) is 1.29. The molecule has 1 heterocycles. The molecule has 14 heavy (non-hydrogen) atoms. The second kappa shape index (κ2) is 3.22. The van der Waals surface area contributed by atoms with Gasteiger partial charge in [0.1, 0.15) is 5.69 Å². The minimum atomic E-state index is -0.604. The number of tetrazole rings is 1. The summed E-state index contributed by atoms with van der Waals surface area (Å²) in [4.78, 5) is 0. The Morgan fingerprint density at radius 1 is 1.43 bits per heavy atom. The molecule has 0 aliphatic carbocycles. The molecule has 5 nitrogen and oxygen atoms in total. The van der Waals surface area contributed by atoms with Crippen LogP contribution < -0.4 is 5.73 Å². The fraction of sp³-hybridized carbons (Fsp3) is 0. The standard InChI is InChI=1S/C7H5ClFN5/c8-4-2-1-3-5(6(4)9)14-7(10)11-12-13-14/h1-3H,(H2,10,11,13). The number of nitrogen functional groups attached to an aromatic ring is 1. The maximum absolute atomic E-state index is 13.4. The first-order valence-corrected chi connectivity index (χ1v) is 4.06. The zero-order chi connectivity index (χ0) is 10.1. The lowest BCUT2D eigenvalue weighted by atomic mass is 10.3. The molecule has 0 unspecified atom stereocenters. The van der Waals surface area contributed by atoms with Crippen LogP contribution in [0.3, 0.4) is 0 Å². The lowest BCUT2D eigenvalue weighted by Crippen LogP contribution is -2.04. The highest BCUT2D eigenvalue weighted by Gasteiger charge is 2.11. The second-order valence-electron chi connectivity index (χ2n) is 2.52. The molecule has 0 bridgehead atoms. The van der Waals surface area contributed by atoms with Crippen molar-refractivity contribution in [1.82, 2.24) is 20.2 Å². The van der Waals surface area contributed by atoms with E-state index in [1.807, 2.05) is 0 Å². The summed E-state index contributed by atoms with van der Waals surface area (Å²) in [6.07, 6.45) is 0. The van der Waals surface area contributed by atoms with Gasteiger partial charge in [-0.1, -0.05) is 22.8 Å². The molecule has 1 aromatic carbocycles. The van der Waals surface area contributed by atoms with E-state index in [0.717, 1.165) is 4.68 Å². The molecular formula is C7H5ClFN5. The van der Waals surface area contributed by atoms with E-state index in [9.17, 15) is 4.39 Å². The topological polar surface area (TPSA) is 69.6 Å². The molecule has 2 rings (SSSR count). The zero-order valence-corrected chi connectivity index (χ0v) is 7.61. The Morgan fingerprint density at radius 3 is 2.86 bits per heavy atom. The van der Waals surface area contributed by atoms with Crippen molar-refractivity contribution >= 4 is 17.5 Å². The molecule has 0 fully saturated rings. The van der Waals surface area contributed by atoms with Crippen LogP contribution in [0.25, 0.3) is 5.69 Å². The molecule has 0 spiro atoms. The quantitative estimate of drug-likeness (QED) is 0.768. The van der Waals surface area contributed by atoms with Crippen molar-refractivity contribution in [2.24, 2.45) is 0 Å². The van der Waals surface area contributed by atoms with Crippen LogP contribution in [-0.4, -0.2) is 20.2 Å². The molecule has 0 saturated carbocycles. The SMILES string of the molecule is Nc1nnnn1-c1cccc(Cl)c1F. The third-order valence-electron chi connectivity index (χ3n) is 1.65. The van der Waals surface area contributed by atoms with E-state index in [-0.39, 0.29) is 16.7 Å². The third-order valence-corrected chi connectivity index (χ3v) is 1.94. The molecule has 2 N–H and O–H groups in total. The molecule has 1 aromatic heterocycles. The molecule has 0 radical (unpaired) electrons. The number of rotatable bonds is 1.